The lowest BCUT2D eigenvalue weighted by Crippen LogP contribution is -2.40. The Kier molecular flexibility index (Phi) is 7.60. The van der Waals surface area contributed by atoms with Gasteiger partial charge in [0.1, 0.15) is 0 Å². The lowest BCUT2D eigenvalue weighted by molar-refractivity contribution is 0.0526. The number of ether oxygens (including phenoxy) is 2. The van der Waals surface area contributed by atoms with Crippen molar-refractivity contribution in [3.63, 3.8) is 0 Å². The normalized spacial score (nSPS) is 15.3. The first-order chi connectivity index (χ1) is 16.8. The quantitative estimate of drug-likeness (QED) is 0.354. The highest BCUT2D eigenvalue weighted by atomic mass is 32.2. The Morgan fingerprint density at radius 3 is 2.49 bits per heavy atom. The first-order valence-corrected chi connectivity index (χ1v) is 13.3. The molecule has 1 aromatic heterocycles. The van der Waals surface area contributed by atoms with Gasteiger partial charge < -0.3 is 14.0 Å². The fraction of sp³-hybridized carbons (Fsp3) is 0.292. The summed E-state index contributed by atoms with van der Waals surface area (Å²) in [5.41, 5.74) is 1.49. The largest absolute Gasteiger partial charge is 0.462 e. The van der Waals surface area contributed by atoms with Crippen LogP contribution in [-0.2, 0) is 26.0 Å². The molecule has 35 heavy (non-hydrogen) atoms. The van der Waals surface area contributed by atoms with E-state index in [1.54, 1.807) is 31.2 Å². The molecule has 4 rings (SSSR count). The van der Waals surface area contributed by atoms with Crippen LogP contribution in [0.4, 0.5) is 0 Å². The molecule has 9 nitrogen and oxygen atoms in total. The molecular weight excluding hydrogens is 490 g/mol. The van der Waals surface area contributed by atoms with Crippen LogP contribution in [0.5, 0.6) is 0 Å². The maximum absolute atomic E-state index is 12.9. The fourth-order valence-electron chi connectivity index (χ4n) is 3.66. The summed E-state index contributed by atoms with van der Waals surface area (Å²) in [6.45, 7) is 7.52. The maximum Gasteiger partial charge on any atom is 0.338 e. The Balaban J connectivity index is 1.65. The van der Waals surface area contributed by atoms with Gasteiger partial charge in [-0.2, -0.15) is 9.30 Å². The predicted octanol–water partition coefficient (Wildman–Crippen LogP) is 2.83. The molecule has 3 aromatic rings. The SMILES string of the molecule is C=CCn1c(=NC(=O)c2ccc(S(=O)(=O)N3CCOCC3)cc2)sc2cc(C(=O)OCC)ccc21. The van der Waals surface area contributed by atoms with Gasteiger partial charge in [0.25, 0.3) is 5.91 Å². The van der Waals surface area contributed by atoms with Crippen molar-refractivity contribution in [1.82, 2.24) is 8.87 Å². The molecule has 0 saturated carbocycles. The van der Waals surface area contributed by atoms with Gasteiger partial charge in [0.15, 0.2) is 4.80 Å². The molecule has 2 heterocycles. The van der Waals surface area contributed by atoms with Crippen LogP contribution >= 0.6 is 11.3 Å². The summed E-state index contributed by atoms with van der Waals surface area (Å²) in [6, 6.07) is 10.9. The van der Waals surface area contributed by atoms with Gasteiger partial charge in [-0.3, -0.25) is 4.79 Å². The third kappa shape index (κ3) is 5.27. The first-order valence-electron chi connectivity index (χ1n) is 11.0. The van der Waals surface area contributed by atoms with E-state index in [2.05, 4.69) is 11.6 Å². The van der Waals surface area contributed by atoms with E-state index in [0.29, 0.717) is 43.2 Å². The summed E-state index contributed by atoms with van der Waals surface area (Å²) in [4.78, 5) is 29.9. The number of morpholine rings is 1. The van der Waals surface area contributed by atoms with Gasteiger partial charge in [0.2, 0.25) is 10.0 Å². The number of allylic oxidation sites excluding steroid dienone is 1. The highest BCUT2D eigenvalue weighted by Gasteiger charge is 2.26. The van der Waals surface area contributed by atoms with Gasteiger partial charge in [-0.15, -0.1) is 6.58 Å². The Labute approximate surface area is 207 Å². The average Bonchev–Trinajstić information content (AvgIpc) is 3.21. The van der Waals surface area contributed by atoms with Crippen molar-refractivity contribution in [1.29, 1.82) is 0 Å². The van der Waals surface area contributed by atoms with Crippen LogP contribution in [0.3, 0.4) is 0 Å². The van der Waals surface area contributed by atoms with Crippen molar-refractivity contribution in [2.75, 3.05) is 32.9 Å². The van der Waals surface area contributed by atoms with Crippen LogP contribution < -0.4 is 4.80 Å². The van der Waals surface area contributed by atoms with Gasteiger partial charge in [0, 0.05) is 25.2 Å². The molecule has 1 aliphatic heterocycles. The van der Waals surface area contributed by atoms with Gasteiger partial charge >= 0.3 is 5.97 Å². The summed E-state index contributed by atoms with van der Waals surface area (Å²) in [7, 11) is -3.65. The third-order valence-corrected chi connectivity index (χ3v) is 8.37. The van der Waals surface area contributed by atoms with Crippen molar-refractivity contribution in [2.24, 2.45) is 4.99 Å². The number of amides is 1. The number of fused-ring (bicyclic) bond motifs is 1. The minimum absolute atomic E-state index is 0.117. The number of sulfonamides is 1. The molecule has 1 saturated heterocycles. The van der Waals surface area contributed by atoms with Crippen LogP contribution in [0, 0.1) is 0 Å². The van der Waals surface area contributed by atoms with Crippen LogP contribution in [0.1, 0.15) is 27.6 Å². The van der Waals surface area contributed by atoms with Crippen molar-refractivity contribution in [3.8, 4) is 0 Å². The predicted molar refractivity (Wildman–Crippen MR) is 132 cm³/mol. The first kappa shape index (κ1) is 25.0. The zero-order valence-corrected chi connectivity index (χ0v) is 20.8. The van der Waals surface area contributed by atoms with Crippen molar-refractivity contribution < 1.29 is 27.5 Å². The van der Waals surface area contributed by atoms with Crippen molar-refractivity contribution in [2.45, 2.75) is 18.4 Å². The zero-order valence-electron chi connectivity index (χ0n) is 19.2. The van der Waals surface area contributed by atoms with E-state index in [0.717, 1.165) is 10.2 Å². The third-order valence-electron chi connectivity index (χ3n) is 5.41. The molecule has 1 fully saturated rings. The smallest absolute Gasteiger partial charge is 0.338 e. The number of benzene rings is 2. The lowest BCUT2D eigenvalue weighted by Gasteiger charge is -2.26. The number of hydrogen-bond acceptors (Lipinski definition) is 7. The standard InChI is InChI=1S/C24H25N3O6S2/c1-3-11-27-20-10-7-18(23(29)33-4-2)16-21(20)34-24(27)25-22(28)17-5-8-19(9-6-17)35(30,31)26-12-14-32-15-13-26/h3,5-10,16H,1,4,11-15H2,2H3. The highest BCUT2D eigenvalue weighted by molar-refractivity contribution is 7.89. The molecule has 1 aliphatic rings. The summed E-state index contributed by atoms with van der Waals surface area (Å²) >= 11 is 1.27. The van der Waals surface area contributed by atoms with Crippen molar-refractivity contribution in [3.05, 3.63) is 71.0 Å². The molecule has 0 spiro atoms. The van der Waals surface area contributed by atoms with E-state index in [1.165, 1.54) is 39.9 Å². The Bertz CT molecular complexity index is 1430. The molecule has 0 aliphatic carbocycles. The van der Waals surface area contributed by atoms with Crippen LogP contribution in [0.2, 0.25) is 0 Å². The molecule has 0 N–H and O–H groups in total. The fourth-order valence-corrected chi connectivity index (χ4v) is 6.15. The summed E-state index contributed by atoms with van der Waals surface area (Å²) in [5, 5.41) is 0. The van der Waals surface area contributed by atoms with Crippen molar-refractivity contribution >= 4 is 43.5 Å². The molecule has 11 heteroatoms. The van der Waals surface area contributed by atoms with Crippen LogP contribution in [0.25, 0.3) is 10.2 Å². The van der Waals surface area contributed by atoms with E-state index in [4.69, 9.17) is 9.47 Å². The zero-order chi connectivity index (χ0) is 25.0. The number of esters is 1. The topological polar surface area (TPSA) is 107 Å². The van der Waals surface area contributed by atoms with E-state index >= 15 is 0 Å². The van der Waals surface area contributed by atoms with Gasteiger partial charge in [-0.25, -0.2) is 13.2 Å². The van der Waals surface area contributed by atoms with E-state index in [-0.39, 0.29) is 17.1 Å². The number of carbonyl (C=O) groups excluding carboxylic acids is 2. The van der Waals surface area contributed by atoms with E-state index in [1.807, 2.05) is 4.57 Å². The number of carbonyl (C=O) groups is 2. The molecule has 0 bridgehead atoms. The number of hydrogen-bond donors (Lipinski definition) is 0. The minimum Gasteiger partial charge on any atom is -0.462 e. The number of thiazole rings is 1. The average molecular weight is 516 g/mol. The van der Waals surface area contributed by atoms with Gasteiger partial charge in [0.05, 0.1) is 40.5 Å². The number of rotatable bonds is 7. The number of nitrogens with zero attached hydrogens (tertiary/aromatic N) is 3. The Hall–Kier alpha value is -3.12. The van der Waals surface area contributed by atoms with Crippen LogP contribution in [-0.4, -0.2) is 62.1 Å². The van der Waals surface area contributed by atoms with Gasteiger partial charge in [-0.05, 0) is 49.4 Å². The lowest BCUT2D eigenvalue weighted by atomic mass is 10.2. The molecule has 0 unspecified atom stereocenters. The minimum atomic E-state index is -3.65. The second-order valence-corrected chi connectivity index (χ2v) is 10.6. The molecular formula is C24H25N3O6S2. The Morgan fingerprint density at radius 2 is 1.83 bits per heavy atom. The van der Waals surface area contributed by atoms with Gasteiger partial charge in [-0.1, -0.05) is 17.4 Å². The van der Waals surface area contributed by atoms with E-state index in [9.17, 15) is 18.0 Å². The number of aromatic nitrogens is 1. The highest BCUT2D eigenvalue weighted by Crippen LogP contribution is 2.21. The second kappa shape index (κ2) is 10.6. The molecule has 0 atom stereocenters. The second-order valence-electron chi connectivity index (χ2n) is 7.64. The molecule has 184 valence electrons. The monoisotopic (exact) mass is 515 g/mol. The molecule has 1 amide bonds. The summed E-state index contributed by atoms with van der Waals surface area (Å²) < 4.78 is 39.9. The summed E-state index contributed by atoms with van der Waals surface area (Å²) in [6.07, 6.45) is 1.69. The molecule has 0 radical (unpaired) electrons. The molecule has 2 aromatic carbocycles. The summed E-state index contributed by atoms with van der Waals surface area (Å²) in [5.74, 6) is -0.921. The van der Waals surface area contributed by atoms with Crippen LogP contribution in [0.15, 0.2) is 65.0 Å². The maximum atomic E-state index is 12.9. The Morgan fingerprint density at radius 1 is 1.14 bits per heavy atom. The van der Waals surface area contributed by atoms with E-state index < -0.39 is 21.9 Å².